The molecule has 0 aliphatic carbocycles. The summed E-state index contributed by atoms with van der Waals surface area (Å²) in [7, 11) is 0. The number of hydrogen-bond donors (Lipinski definition) is 0. The number of aromatic nitrogens is 1. The van der Waals surface area contributed by atoms with Gasteiger partial charge in [0.25, 0.3) is 0 Å². The van der Waals surface area contributed by atoms with Crippen molar-refractivity contribution >= 4 is 71.6 Å². The van der Waals surface area contributed by atoms with Crippen LogP contribution < -0.4 is 4.90 Å². The molecule has 0 fully saturated rings. The fraction of sp³-hybridized carbons (Fsp3) is 0. The van der Waals surface area contributed by atoms with Crippen LogP contribution in [0.25, 0.3) is 82.5 Å². The van der Waals surface area contributed by atoms with Gasteiger partial charge in [-0.2, -0.15) is 0 Å². The van der Waals surface area contributed by atoms with Gasteiger partial charge in [-0.1, -0.05) is 140 Å². The van der Waals surface area contributed by atoms with Gasteiger partial charge in [-0.05, 0) is 94.2 Å². The van der Waals surface area contributed by atoms with Gasteiger partial charge in [0, 0.05) is 44.2 Å². The smallest absolute Gasteiger partial charge is 0.136 e. The van der Waals surface area contributed by atoms with E-state index in [1.165, 1.54) is 43.7 Å². The number of nitrogens with zero attached hydrogens (tertiary/aromatic N) is 2. The Morgan fingerprint density at radius 1 is 0.364 bits per heavy atom. The Morgan fingerprint density at radius 2 is 0.891 bits per heavy atom. The molecule has 3 nitrogen and oxygen atoms in total. The molecule has 0 saturated carbocycles. The molecule has 2 heterocycles. The monoisotopic (exact) mass is 702 g/mol. The Morgan fingerprint density at radius 3 is 1.65 bits per heavy atom. The van der Waals surface area contributed by atoms with Crippen molar-refractivity contribution in [3.05, 3.63) is 206 Å². The molecule has 0 N–H and O–H groups in total. The Balaban J connectivity index is 1.08. The normalized spacial score (nSPS) is 11.6. The minimum atomic E-state index is 0.900. The van der Waals surface area contributed by atoms with E-state index >= 15 is 0 Å². The first-order valence-electron chi connectivity index (χ1n) is 18.8. The molecule has 9 aromatic carbocycles. The minimum Gasteiger partial charge on any atom is -0.456 e. The molecule has 0 amide bonds. The third kappa shape index (κ3) is 5.05. The molecule has 258 valence electrons. The Labute approximate surface area is 318 Å². The van der Waals surface area contributed by atoms with Crippen LogP contribution in [0.1, 0.15) is 0 Å². The van der Waals surface area contributed by atoms with Crippen LogP contribution in [0.2, 0.25) is 0 Å². The maximum Gasteiger partial charge on any atom is 0.136 e. The summed E-state index contributed by atoms with van der Waals surface area (Å²) < 4.78 is 8.62. The SMILES string of the molecule is c1ccc(N(c2ccc(-c3cccc4oc5ccccc5c34)cc2)c2ccc(-n3c4ccccc4c4ccccc43)cc2)c(-c2cccc3ccccc23)c1. The van der Waals surface area contributed by atoms with E-state index in [1.54, 1.807) is 0 Å². The molecule has 0 saturated heterocycles. The molecule has 11 aromatic rings. The van der Waals surface area contributed by atoms with E-state index in [-0.39, 0.29) is 0 Å². The van der Waals surface area contributed by atoms with Crippen LogP contribution >= 0.6 is 0 Å². The third-order valence-electron chi connectivity index (χ3n) is 11.0. The summed E-state index contributed by atoms with van der Waals surface area (Å²) in [6.07, 6.45) is 0. The van der Waals surface area contributed by atoms with Crippen LogP contribution in [-0.4, -0.2) is 4.57 Å². The molecular weight excluding hydrogens is 669 g/mol. The van der Waals surface area contributed by atoms with Crippen molar-refractivity contribution in [1.82, 2.24) is 4.57 Å². The first kappa shape index (κ1) is 31.2. The summed E-state index contributed by atoms with van der Waals surface area (Å²) in [5.74, 6) is 0. The van der Waals surface area contributed by atoms with Crippen molar-refractivity contribution in [1.29, 1.82) is 0 Å². The second kappa shape index (κ2) is 12.6. The fourth-order valence-corrected chi connectivity index (χ4v) is 8.54. The maximum absolute atomic E-state index is 6.25. The number of para-hydroxylation sites is 4. The number of anilines is 3. The highest BCUT2D eigenvalue weighted by molar-refractivity contribution is 6.13. The molecule has 0 bridgehead atoms. The highest BCUT2D eigenvalue weighted by Gasteiger charge is 2.20. The van der Waals surface area contributed by atoms with Crippen LogP contribution in [0.3, 0.4) is 0 Å². The zero-order valence-electron chi connectivity index (χ0n) is 29.9. The summed E-state index contributed by atoms with van der Waals surface area (Å²) >= 11 is 0. The van der Waals surface area contributed by atoms with Gasteiger partial charge in [0.15, 0.2) is 0 Å². The van der Waals surface area contributed by atoms with Crippen LogP contribution in [0.4, 0.5) is 17.1 Å². The Bertz CT molecular complexity index is 3150. The largest absolute Gasteiger partial charge is 0.456 e. The average Bonchev–Trinajstić information content (AvgIpc) is 3.81. The molecule has 3 heteroatoms. The predicted molar refractivity (Wildman–Crippen MR) is 231 cm³/mol. The zero-order valence-corrected chi connectivity index (χ0v) is 29.9. The summed E-state index contributed by atoms with van der Waals surface area (Å²) in [4.78, 5) is 2.39. The van der Waals surface area contributed by atoms with Gasteiger partial charge in [-0.15, -0.1) is 0 Å². The first-order valence-corrected chi connectivity index (χ1v) is 18.8. The summed E-state index contributed by atoms with van der Waals surface area (Å²) in [6, 6.07) is 74.0. The van der Waals surface area contributed by atoms with E-state index in [2.05, 4.69) is 204 Å². The first-order chi connectivity index (χ1) is 27.3. The minimum absolute atomic E-state index is 0.900. The predicted octanol–water partition coefficient (Wildman–Crippen LogP) is 14.6. The zero-order chi connectivity index (χ0) is 36.3. The standard InChI is InChI=1S/C52H34N2O/c1-2-15-40-35(13-1)14-11-21-42(40)43-16-3-7-22-47(43)53(37-29-27-36(28-30-37)41-20-12-26-51-52(41)46-19-6-10-25-50(46)55-51)38-31-33-39(34-32-38)54-48-23-8-4-17-44(48)45-18-5-9-24-49(45)54/h1-34H. The molecule has 0 aliphatic rings. The quantitative estimate of drug-likeness (QED) is 0.172. The van der Waals surface area contributed by atoms with E-state index in [0.717, 1.165) is 55.8 Å². The van der Waals surface area contributed by atoms with Crippen LogP contribution in [0, 0.1) is 0 Å². The van der Waals surface area contributed by atoms with E-state index < -0.39 is 0 Å². The molecule has 0 unspecified atom stereocenters. The van der Waals surface area contributed by atoms with Crippen molar-refractivity contribution in [3.8, 4) is 27.9 Å². The Kier molecular flexibility index (Phi) is 7.17. The lowest BCUT2D eigenvalue weighted by molar-refractivity contribution is 0.669. The van der Waals surface area contributed by atoms with Crippen molar-refractivity contribution < 1.29 is 4.42 Å². The molecule has 0 radical (unpaired) electrons. The average molecular weight is 703 g/mol. The van der Waals surface area contributed by atoms with E-state index in [0.29, 0.717) is 0 Å². The fourth-order valence-electron chi connectivity index (χ4n) is 8.54. The molecule has 2 aromatic heterocycles. The molecular formula is C52H34N2O. The van der Waals surface area contributed by atoms with Crippen LogP contribution in [-0.2, 0) is 0 Å². The molecule has 11 rings (SSSR count). The molecule has 55 heavy (non-hydrogen) atoms. The third-order valence-corrected chi connectivity index (χ3v) is 11.0. The second-order valence-electron chi connectivity index (χ2n) is 14.1. The van der Waals surface area contributed by atoms with Gasteiger partial charge in [-0.25, -0.2) is 0 Å². The molecule has 0 spiro atoms. The van der Waals surface area contributed by atoms with Gasteiger partial charge >= 0.3 is 0 Å². The number of hydrogen-bond acceptors (Lipinski definition) is 2. The number of fused-ring (bicyclic) bond motifs is 7. The topological polar surface area (TPSA) is 21.3 Å². The lowest BCUT2D eigenvalue weighted by atomic mass is 9.96. The highest BCUT2D eigenvalue weighted by atomic mass is 16.3. The maximum atomic E-state index is 6.25. The van der Waals surface area contributed by atoms with Crippen molar-refractivity contribution in [2.45, 2.75) is 0 Å². The van der Waals surface area contributed by atoms with Gasteiger partial charge in [0.2, 0.25) is 0 Å². The summed E-state index contributed by atoms with van der Waals surface area (Å²) in [5.41, 5.74) is 13.3. The number of furan rings is 1. The van der Waals surface area contributed by atoms with Gasteiger partial charge in [0.1, 0.15) is 11.2 Å². The highest BCUT2D eigenvalue weighted by Crippen LogP contribution is 2.44. The van der Waals surface area contributed by atoms with E-state index in [4.69, 9.17) is 4.42 Å². The number of benzene rings is 9. The van der Waals surface area contributed by atoms with Crippen molar-refractivity contribution in [2.24, 2.45) is 0 Å². The van der Waals surface area contributed by atoms with Gasteiger partial charge < -0.3 is 13.9 Å². The lowest BCUT2D eigenvalue weighted by Crippen LogP contribution is -2.11. The van der Waals surface area contributed by atoms with Gasteiger partial charge in [-0.3, -0.25) is 0 Å². The second-order valence-corrected chi connectivity index (χ2v) is 14.1. The van der Waals surface area contributed by atoms with Crippen LogP contribution in [0.5, 0.6) is 0 Å². The molecule has 0 atom stereocenters. The number of rotatable bonds is 6. The summed E-state index contributed by atoms with van der Waals surface area (Å²) in [6.45, 7) is 0. The van der Waals surface area contributed by atoms with Crippen molar-refractivity contribution in [3.63, 3.8) is 0 Å². The van der Waals surface area contributed by atoms with E-state index in [9.17, 15) is 0 Å². The lowest BCUT2D eigenvalue weighted by Gasteiger charge is -2.28. The molecule has 0 aliphatic heterocycles. The Hall–Kier alpha value is -7.36. The van der Waals surface area contributed by atoms with E-state index in [1.807, 2.05) is 12.1 Å². The van der Waals surface area contributed by atoms with Gasteiger partial charge in [0.05, 0.1) is 16.7 Å². The van der Waals surface area contributed by atoms with Crippen molar-refractivity contribution in [2.75, 3.05) is 4.90 Å². The van der Waals surface area contributed by atoms with Crippen LogP contribution in [0.15, 0.2) is 211 Å². The summed E-state index contributed by atoms with van der Waals surface area (Å²) in [5, 5.41) is 7.24.